The van der Waals surface area contributed by atoms with Crippen molar-refractivity contribution in [2.75, 3.05) is 14.2 Å². The van der Waals surface area contributed by atoms with E-state index in [1.165, 1.54) is 14.2 Å². The number of ketones is 1. The third kappa shape index (κ3) is 4.34. The van der Waals surface area contributed by atoms with E-state index in [0.717, 1.165) is 31.2 Å². The Kier molecular flexibility index (Phi) is 6.82. The van der Waals surface area contributed by atoms with Crippen LogP contribution in [0.5, 0.6) is 17.2 Å². The second kappa shape index (κ2) is 9.79. The van der Waals surface area contributed by atoms with E-state index in [4.69, 9.17) is 14.2 Å². The molecule has 7 nitrogen and oxygen atoms in total. The topological polar surface area (TPSA) is 85.3 Å². The third-order valence-electron chi connectivity index (χ3n) is 6.43. The highest BCUT2D eigenvalue weighted by Crippen LogP contribution is 2.45. The number of benzene rings is 2. The first-order valence-electron chi connectivity index (χ1n) is 11.6. The van der Waals surface area contributed by atoms with Crippen molar-refractivity contribution in [1.82, 2.24) is 4.90 Å². The molecule has 2 aromatic rings. The monoisotopic (exact) mass is 465 g/mol. The number of carbonyl (C=O) groups is 2. The molecule has 0 spiro atoms. The summed E-state index contributed by atoms with van der Waals surface area (Å²) in [5.41, 5.74) is 1.15. The molecular formula is C27H31NO6. The Morgan fingerprint density at radius 2 is 1.62 bits per heavy atom. The smallest absolute Gasteiger partial charge is 0.295 e. The van der Waals surface area contributed by atoms with E-state index in [1.807, 2.05) is 38.1 Å². The van der Waals surface area contributed by atoms with E-state index in [9.17, 15) is 14.7 Å². The van der Waals surface area contributed by atoms with E-state index in [2.05, 4.69) is 0 Å². The predicted octanol–water partition coefficient (Wildman–Crippen LogP) is 4.86. The van der Waals surface area contributed by atoms with Gasteiger partial charge in [-0.3, -0.25) is 9.59 Å². The highest BCUT2D eigenvalue weighted by molar-refractivity contribution is 6.46. The first-order chi connectivity index (χ1) is 16.3. The molecule has 2 fully saturated rings. The van der Waals surface area contributed by atoms with Crippen LogP contribution in [0, 0.1) is 0 Å². The lowest BCUT2D eigenvalue weighted by atomic mass is 9.94. The fraction of sp³-hybridized carbons (Fsp3) is 0.407. The van der Waals surface area contributed by atoms with Crippen molar-refractivity contribution in [2.45, 2.75) is 57.7 Å². The summed E-state index contributed by atoms with van der Waals surface area (Å²) >= 11 is 0. The maximum atomic E-state index is 13.3. The molecule has 34 heavy (non-hydrogen) atoms. The second-order valence-corrected chi connectivity index (χ2v) is 8.95. The van der Waals surface area contributed by atoms with Gasteiger partial charge in [-0.2, -0.15) is 0 Å². The standard InChI is InChI=1S/C27H31NO6/c1-16(2)34-19-11-9-17(10-12-19)24-23(26(30)27(31)28(24)18-7-5-6-8-18)25(29)21-14-13-20(32-3)15-22(21)33-4/h9-16,18,24,29H,5-8H2,1-4H3/b25-23-. The fourth-order valence-electron chi connectivity index (χ4n) is 4.88. The third-order valence-corrected chi connectivity index (χ3v) is 6.43. The van der Waals surface area contributed by atoms with Crippen LogP contribution in [-0.2, 0) is 9.59 Å². The Morgan fingerprint density at radius 1 is 0.971 bits per heavy atom. The Labute approximate surface area is 199 Å². The molecule has 1 amide bonds. The Balaban J connectivity index is 1.85. The van der Waals surface area contributed by atoms with Crippen LogP contribution in [0.3, 0.4) is 0 Å². The van der Waals surface area contributed by atoms with Crippen LogP contribution >= 0.6 is 0 Å². The number of Topliss-reactive ketones (excluding diaryl/α,β-unsaturated/α-hetero) is 1. The van der Waals surface area contributed by atoms with Crippen molar-refractivity contribution >= 4 is 17.4 Å². The summed E-state index contributed by atoms with van der Waals surface area (Å²) in [7, 11) is 3.02. The molecule has 2 aromatic carbocycles. The molecule has 4 rings (SSSR count). The van der Waals surface area contributed by atoms with Crippen molar-refractivity contribution in [3.05, 3.63) is 59.2 Å². The van der Waals surface area contributed by atoms with Crippen LogP contribution in [0.1, 0.15) is 56.7 Å². The first-order valence-corrected chi connectivity index (χ1v) is 11.6. The van der Waals surface area contributed by atoms with Gasteiger partial charge in [0, 0.05) is 12.1 Å². The van der Waals surface area contributed by atoms with E-state index < -0.39 is 17.7 Å². The number of ether oxygens (including phenoxy) is 3. The van der Waals surface area contributed by atoms with Gasteiger partial charge in [0.25, 0.3) is 11.7 Å². The van der Waals surface area contributed by atoms with Crippen molar-refractivity contribution in [2.24, 2.45) is 0 Å². The molecule has 180 valence electrons. The Hall–Kier alpha value is -3.48. The molecule has 1 saturated heterocycles. The zero-order chi connectivity index (χ0) is 24.4. The normalized spacial score (nSPS) is 20.3. The number of likely N-dealkylation sites (tertiary alicyclic amines) is 1. The fourth-order valence-corrected chi connectivity index (χ4v) is 4.88. The molecule has 1 unspecified atom stereocenters. The first kappa shape index (κ1) is 23.7. The summed E-state index contributed by atoms with van der Waals surface area (Å²) in [6.07, 6.45) is 3.72. The van der Waals surface area contributed by atoms with E-state index >= 15 is 0 Å². The maximum absolute atomic E-state index is 13.3. The number of aliphatic hydroxyl groups is 1. The summed E-state index contributed by atoms with van der Waals surface area (Å²) in [5, 5.41) is 11.4. The van der Waals surface area contributed by atoms with Gasteiger partial charge in [-0.15, -0.1) is 0 Å². The summed E-state index contributed by atoms with van der Waals surface area (Å²) < 4.78 is 16.5. The number of hydrogen-bond donors (Lipinski definition) is 1. The van der Waals surface area contributed by atoms with Gasteiger partial charge in [0.05, 0.1) is 37.5 Å². The molecule has 0 radical (unpaired) electrons. The van der Waals surface area contributed by atoms with E-state index in [-0.39, 0.29) is 23.5 Å². The van der Waals surface area contributed by atoms with Gasteiger partial charge >= 0.3 is 0 Å². The average Bonchev–Trinajstić information content (AvgIpc) is 3.45. The van der Waals surface area contributed by atoms with Crippen LogP contribution in [0.25, 0.3) is 5.76 Å². The Morgan fingerprint density at radius 3 is 2.21 bits per heavy atom. The average molecular weight is 466 g/mol. The molecule has 1 atom stereocenters. The number of nitrogens with zero attached hydrogens (tertiary/aromatic N) is 1. The largest absolute Gasteiger partial charge is 0.507 e. The molecule has 1 aliphatic carbocycles. The van der Waals surface area contributed by atoms with Crippen LogP contribution in [0.15, 0.2) is 48.0 Å². The molecule has 1 N–H and O–H groups in total. The molecule has 0 aromatic heterocycles. The lowest BCUT2D eigenvalue weighted by Crippen LogP contribution is -2.37. The van der Waals surface area contributed by atoms with Crippen molar-refractivity contribution in [1.29, 1.82) is 0 Å². The summed E-state index contributed by atoms with van der Waals surface area (Å²) in [6, 6.07) is 11.6. The molecular weight excluding hydrogens is 434 g/mol. The predicted molar refractivity (Wildman–Crippen MR) is 128 cm³/mol. The lowest BCUT2D eigenvalue weighted by molar-refractivity contribution is -0.141. The number of aliphatic hydroxyl groups excluding tert-OH is 1. The highest BCUT2D eigenvalue weighted by Gasteiger charge is 2.49. The summed E-state index contributed by atoms with van der Waals surface area (Å²) in [6.45, 7) is 3.90. The number of methoxy groups -OCH3 is 2. The van der Waals surface area contributed by atoms with Gasteiger partial charge in [-0.25, -0.2) is 0 Å². The van der Waals surface area contributed by atoms with Gasteiger partial charge in [0.15, 0.2) is 0 Å². The van der Waals surface area contributed by atoms with E-state index in [0.29, 0.717) is 22.8 Å². The van der Waals surface area contributed by atoms with Crippen molar-refractivity contribution in [3.8, 4) is 17.2 Å². The summed E-state index contributed by atoms with van der Waals surface area (Å²) in [4.78, 5) is 28.2. The molecule has 0 bridgehead atoms. The van der Waals surface area contributed by atoms with Gasteiger partial charge in [0.1, 0.15) is 23.0 Å². The molecule has 1 aliphatic heterocycles. The molecule has 1 heterocycles. The van der Waals surface area contributed by atoms with Gasteiger partial charge in [0.2, 0.25) is 0 Å². The lowest BCUT2D eigenvalue weighted by Gasteiger charge is -2.31. The SMILES string of the molecule is COc1ccc(/C(O)=C2/C(=O)C(=O)N(C3CCCC3)C2c2ccc(OC(C)C)cc2)c(OC)c1. The molecule has 7 heteroatoms. The zero-order valence-electron chi connectivity index (χ0n) is 20.0. The van der Waals surface area contributed by atoms with Gasteiger partial charge < -0.3 is 24.2 Å². The molecule has 1 saturated carbocycles. The van der Waals surface area contributed by atoms with Crippen LogP contribution in [-0.4, -0.2) is 48.1 Å². The minimum Gasteiger partial charge on any atom is -0.507 e. The maximum Gasteiger partial charge on any atom is 0.295 e. The van der Waals surface area contributed by atoms with Gasteiger partial charge in [-0.05, 0) is 56.5 Å². The highest BCUT2D eigenvalue weighted by atomic mass is 16.5. The number of rotatable bonds is 7. The van der Waals surface area contributed by atoms with Crippen LogP contribution < -0.4 is 14.2 Å². The number of amides is 1. The minimum absolute atomic E-state index is 0.0255. The Bertz CT molecular complexity index is 1100. The quantitative estimate of drug-likeness (QED) is 0.357. The van der Waals surface area contributed by atoms with Gasteiger partial charge in [-0.1, -0.05) is 25.0 Å². The number of carbonyl (C=O) groups excluding carboxylic acids is 2. The second-order valence-electron chi connectivity index (χ2n) is 8.95. The van der Waals surface area contributed by atoms with Crippen molar-refractivity contribution < 1.29 is 28.9 Å². The zero-order valence-corrected chi connectivity index (χ0v) is 20.0. The van der Waals surface area contributed by atoms with Crippen LogP contribution in [0.2, 0.25) is 0 Å². The van der Waals surface area contributed by atoms with Crippen molar-refractivity contribution in [3.63, 3.8) is 0 Å². The summed E-state index contributed by atoms with van der Waals surface area (Å²) in [5.74, 6) is 0.0860. The van der Waals surface area contributed by atoms with Crippen LogP contribution in [0.4, 0.5) is 0 Å². The number of hydrogen-bond acceptors (Lipinski definition) is 6. The minimum atomic E-state index is -0.692. The van der Waals surface area contributed by atoms with E-state index in [1.54, 1.807) is 23.1 Å². The molecule has 2 aliphatic rings.